The fourth-order valence-corrected chi connectivity index (χ4v) is 11.2. The summed E-state index contributed by atoms with van der Waals surface area (Å²) in [5.74, 6) is 0.534. The number of rotatable bonds is 12. The number of hydrogen-bond donors (Lipinski definition) is 2. The largest absolute Gasteiger partial charge is 0.308 e. The standard InChI is InChI=1S/C40H51N2O2PS/c1-28(2)32-25-35(29(3)4)40(36(26-32)30(5)6)46(43,44)42-38-23-15-14-22-37(38)41-27-31-17-13-16-24-39(31)45(33-18-9-7-10-19-33)34-20-11-8-12-21-34/h7-13,16-21,24-26,28-30,37-38,41-42H,14-15,22-23,27H2,1-6H3/t37-,38-/m1/s1. The van der Waals surface area contributed by atoms with Gasteiger partial charge in [0.2, 0.25) is 10.0 Å². The number of hydrogen-bond acceptors (Lipinski definition) is 3. The van der Waals surface area contributed by atoms with E-state index in [9.17, 15) is 8.42 Å². The molecule has 0 aliphatic heterocycles. The van der Waals surface area contributed by atoms with Crippen LogP contribution in [-0.2, 0) is 16.6 Å². The lowest BCUT2D eigenvalue weighted by molar-refractivity contribution is 0.309. The highest BCUT2D eigenvalue weighted by atomic mass is 32.2. The zero-order chi connectivity index (χ0) is 32.8. The van der Waals surface area contributed by atoms with Gasteiger partial charge in [-0.3, -0.25) is 0 Å². The maximum absolute atomic E-state index is 14.4. The van der Waals surface area contributed by atoms with Gasteiger partial charge in [-0.15, -0.1) is 0 Å². The van der Waals surface area contributed by atoms with E-state index in [1.165, 1.54) is 27.0 Å². The van der Waals surface area contributed by atoms with Crippen molar-refractivity contribution in [2.45, 2.75) is 109 Å². The summed E-state index contributed by atoms with van der Waals surface area (Å²) in [6.07, 6.45) is 3.89. The molecule has 6 heteroatoms. The molecule has 1 saturated carbocycles. The first-order chi connectivity index (χ1) is 22.1. The fraction of sp³-hybridized carbons (Fsp3) is 0.400. The Morgan fingerprint density at radius 1 is 0.674 bits per heavy atom. The maximum Gasteiger partial charge on any atom is 0.241 e. The molecule has 4 aromatic rings. The van der Waals surface area contributed by atoms with E-state index < -0.39 is 17.9 Å². The third-order valence-corrected chi connectivity index (χ3v) is 13.4. The molecule has 1 aliphatic rings. The van der Waals surface area contributed by atoms with E-state index in [0.717, 1.165) is 36.8 Å². The Balaban J connectivity index is 1.43. The second-order valence-corrected chi connectivity index (χ2v) is 17.5. The van der Waals surface area contributed by atoms with Gasteiger partial charge in [-0.1, -0.05) is 151 Å². The molecular weight excluding hydrogens is 603 g/mol. The van der Waals surface area contributed by atoms with Crippen LogP contribution in [0.25, 0.3) is 0 Å². The van der Waals surface area contributed by atoms with Gasteiger partial charge in [-0.25, -0.2) is 13.1 Å². The lowest BCUT2D eigenvalue weighted by Gasteiger charge is -2.34. The quantitative estimate of drug-likeness (QED) is 0.152. The SMILES string of the molecule is CC(C)c1cc(C(C)C)c(S(=O)(=O)N[C@@H]2CCCC[C@H]2NCc2ccccc2P(c2ccccc2)c2ccccc2)c(C(C)C)c1. The van der Waals surface area contributed by atoms with Crippen LogP contribution in [0.2, 0.25) is 0 Å². The van der Waals surface area contributed by atoms with Crippen molar-refractivity contribution in [3.05, 3.63) is 119 Å². The van der Waals surface area contributed by atoms with Gasteiger partial charge in [0.15, 0.2) is 0 Å². The van der Waals surface area contributed by atoms with Crippen molar-refractivity contribution in [1.29, 1.82) is 0 Å². The van der Waals surface area contributed by atoms with Gasteiger partial charge in [-0.05, 0) is 76.7 Å². The van der Waals surface area contributed by atoms with Crippen LogP contribution in [0.15, 0.2) is 102 Å². The molecule has 2 N–H and O–H groups in total. The first-order valence-electron chi connectivity index (χ1n) is 17.0. The van der Waals surface area contributed by atoms with E-state index >= 15 is 0 Å². The lowest BCUT2D eigenvalue weighted by Crippen LogP contribution is -2.51. The van der Waals surface area contributed by atoms with Crippen molar-refractivity contribution in [1.82, 2.24) is 10.0 Å². The summed E-state index contributed by atoms with van der Waals surface area (Å²) in [6.45, 7) is 13.4. The van der Waals surface area contributed by atoms with E-state index in [1.54, 1.807) is 0 Å². The van der Waals surface area contributed by atoms with Gasteiger partial charge in [0.1, 0.15) is 0 Å². The first kappa shape index (κ1) is 34.5. The molecular formula is C40H51N2O2PS. The molecule has 46 heavy (non-hydrogen) atoms. The molecule has 0 unspecified atom stereocenters. The normalized spacial score (nSPS) is 17.3. The van der Waals surface area contributed by atoms with Crippen LogP contribution < -0.4 is 26.0 Å². The minimum absolute atomic E-state index is 0.0520. The van der Waals surface area contributed by atoms with Crippen molar-refractivity contribution in [3.8, 4) is 0 Å². The molecule has 1 fully saturated rings. The smallest absolute Gasteiger partial charge is 0.241 e. The summed E-state index contributed by atoms with van der Waals surface area (Å²) >= 11 is 0. The molecule has 0 radical (unpaired) electrons. The summed E-state index contributed by atoms with van der Waals surface area (Å²) in [5.41, 5.74) is 4.31. The van der Waals surface area contributed by atoms with E-state index in [0.29, 0.717) is 17.4 Å². The molecule has 0 heterocycles. The third-order valence-electron chi connectivity index (χ3n) is 9.24. The molecule has 5 rings (SSSR count). The van der Waals surface area contributed by atoms with Gasteiger partial charge >= 0.3 is 0 Å². The Kier molecular flexibility index (Phi) is 11.5. The average Bonchev–Trinajstić information content (AvgIpc) is 3.05. The second-order valence-electron chi connectivity index (χ2n) is 13.6. The molecule has 4 aromatic carbocycles. The predicted molar refractivity (Wildman–Crippen MR) is 197 cm³/mol. The zero-order valence-electron chi connectivity index (χ0n) is 28.3. The van der Waals surface area contributed by atoms with Crippen molar-refractivity contribution < 1.29 is 8.42 Å². The molecule has 2 atom stereocenters. The Morgan fingerprint density at radius 2 is 1.17 bits per heavy atom. The Morgan fingerprint density at radius 3 is 1.70 bits per heavy atom. The topological polar surface area (TPSA) is 58.2 Å². The zero-order valence-corrected chi connectivity index (χ0v) is 30.0. The van der Waals surface area contributed by atoms with Crippen LogP contribution in [0.3, 0.4) is 0 Å². The van der Waals surface area contributed by atoms with Crippen LogP contribution in [0.1, 0.15) is 107 Å². The molecule has 0 bridgehead atoms. The van der Waals surface area contributed by atoms with Crippen molar-refractivity contribution in [2.24, 2.45) is 0 Å². The van der Waals surface area contributed by atoms with Crippen LogP contribution >= 0.6 is 7.92 Å². The van der Waals surface area contributed by atoms with E-state index in [-0.39, 0.29) is 23.9 Å². The molecule has 0 saturated heterocycles. The van der Waals surface area contributed by atoms with Crippen molar-refractivity contribution in [2.75, 3.05) is 0 Å². The van der Waals surface area contributed by atoms with Crippen LogP contribution in [-0.4, -0.2) is 20.5 Å². The highest BCUT2D eigenvalue weighted by molar-refractivity contribution is 7.89. The van der Waals surface area contributed by atoms with Crippen LogP contribution in [0, 0.1) is 0 Å². The van der Waals surface area contributed by atoms with Gasteiger partial charge < -0.3 is 5.32 Å². The van der Waals surface area contributed by atoms with E-state index in [2.05, 4.69) is 149 Å². The molecule has 244 valence electrons. The minimum atomic E-state index is -3.75. The second kappa shape index (κ2) is 15.4. The predicted octanol–water partition coefficient (Wildman–Crippen LogP) is 8.19. The molecule has 4 nitrogen and oxygen atoms in total. The van der Waals surface area contributed by atoms with E-state index in [4.69, 9.17) is 0 Å². The van der Waals surface area contributed by atoms with Gasteiger partial charge in [0, 0.05) is 18.6 Å². The Hall–Kier alpha value is -2.82. The molecule has 0 amide bonds. The van der Waals surface area contributed by atoms with Crippen LogP contribution in [0.4, 0.5) is 0 Å². The summed E-state index contributed by atoms with van der Waals surface area (Å²) in [7, 11) is -4.49. The monoisotopic (exact) mass is 654 g/mol. The first-order valence-corrected chi connectivity index (χ1v) is 19.8. The van der Waals surface area contributed by atoms with Crippen molar-refractivity contribution >= 4 is 33.9 Å². The van der Waals surface area contributed by atoms with Crippen LogP contribution in [0.5, 0.6) is 0 Å². The fourth-order valence-electron chi connectivity index (χ4n) is 6.68. The number of nitrogens with one attached hydrogen (secondary N) is 2. The summed E-state index contributed by atoms with van der Waals surface area (Å²) in [6, 6.07) is 34.5. The number of benzene rings is 4. The summed E-state index contributed by atoms with van der Waals surface area (Å²) in [4.78, 5) is 0.493. The summed E-state index contributed by atoms with van der Waals surface area (Å²) < 4.78 is 32.0. The molecule has 1 aliphatic carbocycles. The average molecular weight is 655 g/mol. The van der Waals surface area contributed by atoms with Gasteiger partial charge in [0.05, 0.1) is 4.90 Å². The highest BCUT2D eigenvalue weighted by Crippen LogP contribution is 2.36. The number of sulfonamides is 1. The minimum Gasteiger partial charge on any atom is -0.308 e. The molecule has 0 aromatic heterocycles. The Bertz CT molecular complexity index is 1620. The van der Waals surface area contributed by atoms with Gasteiger partial charge in [-0.2, -0.15) is 0 Å². The molecule has 0 spiro atoms. The maximum atomic E-state index is 14.4. The van der Waals surface area contributed by atoms with Crippen molar-refractivity contribution in [3.63, 3.8) is 0 Å². The Labute approximate surface area is 279 Å². The third kappa shape index (κ3) is 8.00. The lowest BCUT2D eigenvalue weighted by atomic mass is 9.89. The van der Waals surface area contributed by atoms with E-state index in [1.807, 2.05) is 0 Å². The van der Waals surface area contributed by atoms with Gasteiger partial charge in [0.25, 0.3) is 0 Å². The highest BCUT2D eigenvalue weighted by Gasteiger charge is 2.33. The summed E-state index contributed by atoms with van der Waals surface area (Å²) in [5, 5.41) is 7.83.